The molecule has 0 bridgehead atoms. The summed E-state index contributed by atoms with van der Waals surface area (Å²) in [5.74, 6) is 2.34. The molecule has 0 fully saturated rings. The first-order valence-corrected chi connectivity index (χ1v) is 8.04. The van der Waals surface area contributed by atoms with Gasteiger partial charge in [-0.15, -0.1) is 0 Å². The van der Waals surface area contributed by atoms with Gasteiger partial charge in [-0.05, 0) is 48.9 Å². The van der Waals surface area contributed by atoms with Crippen LogP contribution in [0.25, 0.3) is 0 Å². The molecule has 0 aromatic rings. The molecule has 0 N–H and O–H groups in total. The predicted molar refractivity (Wildman–Crippen MR) is 84.8 cm³/mol. The highest BCUT2D eigenvalue weighted by Crippen LogP contribution is 2.47. The molecule has 0 spiro atoms. The minimum absolute atomic E-state index is 0.522. The third-order valence-electron chi connectivity index (χ3n) is 4.86. The van der Waals surface area contributed by atoms with Crippen molar-refractivity contribution in [3.63, 3.8) is 0 Å². The lowest BCUT2D eigenvalue weighted by atomic mass is 9.60. The fourth-order valence-electron chi connectivity index (χ4n) is 3.84. The van der Waals surface area contributed by atoms with Crippen LogP contribution in [0.4, 0.5) is 0 Å². The van der Waals surface area contributed by atoms with E-state index in [0.717, 1.165) is 17.8 Å². The summed E-state index contributed by atoms with van der Waals surface area (Å²) in [5, 5.41) is 0. The van der Waals surface area contributed by atoms with Crippen LogP contribution in [0.2, 0.25) is 0 Å². The highest BCUT2D eigenvalue weighted by molar-refractivity contribution is 4.88. The first-order chi connectivity index (χ1) is 8.39. The Kier molecular flexibility index (Phi) is 8.65. The van der Waals surface area contributed by atoms with Crippen LogP contribution in [0.15, 0.2) is 12.2 Å². The highest BCUT2D eigenvalue weighted by Gasteiger charge is 2.39. The molecule has 0 saturated heterocycles. The van der Waals surface area contributed by atoms with E-state index in [4.69, 9.17) is 0 Å². The minimum Gasteiger partial charge on any atom is -0.0888 e. The maximum atomic E-state index is 2.41. The second-order valence-electron chi connectivity index (χ2n) is 6.70. The van der Waals surface area contributed by atoms with Crippen molar-refractivity contribution in [2.45, 2.75) is 80.6 Å². The van der Waals surface area contributed by atoms with Gasteiger partial charge in [0.1, 0.15) is 0 Å². The van der Waals surface area contributed by atoms with Crippen molar-refractivity contribution in [3.05, 3.63) is 12.2 Å². The molecule has 0 aromatic heterocycles. The number of allylic oxidation sites excluding steroid dienone is 2. The summed E-state index contributed by atoms with van der Waals surface area (Å²) in [5.41, 5.74) is 0.522. The minimum atomic E-state index is 0.522. The zero-order valence-corrected chi connectivity index (χ0v) is 13.9. The summed E-state index contributed by atoms with van der Waals surface area (Å²) in [7, 11) is 0. The van der Waals surface area contributed by atoms with Crippen LogP contribution in [0.1, 0.15) is 80.6 Å². The topological polar surface area (TPSA) is 0 Å². The van der Waals surface area contributed by atoms with Crippen molar-refractivity contribution >= 4 is 0 Å². The standard InChI is InChI=1S/C18H36/c1-8-9-10-11-12-13-14-18(15(2)3,16(4)5)17(6)7/h9-10,15-17H,8,11-14H2,1-7H3. The van der Waals surface area contributed by atoms with Crippen LogP contribution in [0, 0.1) is 23.2 Å². The van der Waals surface area contributed by atoms with Gasteiger partial charge in [0.05, 0.1) is 0 Å². The molecule has 0 heteroatoms. The zero-order chi connectivity index (χ0) is 14.2. The molecule has 0 aromatic carbocycles. The van der Waals surface area contributed by atoms with Gasteiger partial charge in [-0.25, -0.2) is 0 Å². The Morgan fingerprint density at radius 1 is 0.778 bits per heavy atom. The van der Waals surface area contributed by atoms with Gasteiger partial charge in [-0.2, -0.15) is 0 Å². The van der Waals surface area contributed by atoms with Crippen molar-refractivity contribution in [1.29, 1.82) is 0 Å². The van der Waals surface area contributed by atoms with Crippen molar-refractivity contribution in [2.24, 2.45) is 23.2 Å². The first kappa shape index (κ1) is 17.7. The van der Waals surface area contributed by atoms with E-state index in [1.807, 2.05) is 0 Å². The lowest BCUT2D eigenvalue weighted by molar-refractivity contribution is 0.0359. The third kappa shape index (κ3) is 4.78. The normalized spacial score (nSPS) is 13.4. The first-order valence-electron chi connectivity index (χ1n) is 8.04. The second-order valence-corrected chi connectivity index (χ2v) is 6.70. The van der Waals surface area contributed by atoms with Crippen LogP contribution in [-0.2, 0) is 0 Å². The van der Waals surface area contributed by atoms with Crippen LogP contribution in [0.3, 0.4) is 0 Å². The van der Waals surface area contributed by atoms with Gasteiger partial charge in [-0.1, -0.05) is 67.0 Å². The largest absolute Gasteiger partial charge is 0.0888 e. The van der Waals surface area contributed by atoms with Gasteiger partial charge in [0.25, 0.3) is 0 Å². The molecule has 0 nitrogen and oxygen atoms in total. The van der Waals surface area contributed by atoms with E-state index in [1.165, 1.54) is 32.1 Å². The van der Waals surface area contributed by atoms with E-state index < -0.39 is 0 Å². The summed E-state index contributed by atoms with van der Waals surface area (Å²) in [6.45, 7) is 16.7. The average molecular weight is 252 g/mol. The summed E-state index contributed by atoms with van der Waals surface area (Å²) < 4.78 is 0. The molecule has 0 saturated carbocycles. The Morgan fingerprint density at radius 2 is 1.28 bits per heavy atom. The van der Waals surface area contributed by atoms with Gasteiger partial charge in [0.15, 0.2) is 0 Å². The second kappa shape index (κ2) is 8.77. The van der Waals surface area contributed by atoms with Crippen LogP contribution in [0.5, 0.6) is 0 Å². The summed E-state index contributed by atoms with van der Waals surface area (Å²) in [6.07, 6.45) is 11.2. The van der Waals surface area contributed by atoms with E-state index in [0.29, 0.717) is 5.41 Å². The molecule has 18 heavy (non-hydrogen) atoms. The predicted octanol–water partition coefficient (Wildman–Crippen LogP) is 6.47. The number of hydrogen-bond acceptors (Lipinski definition) is 0. The van der Waals surface area contributed by atoms with Crippen molar-refractivity contribution in [1.82, 2.24) is 0 Å². The van der Waals surface area contributed by atoms with Gasteiger partial charge in [0.2, 0.25) is 0 Å². The summed E-state index contributed by atoms with van der Waals surface area (Å²) in [6, 6.07) is 0. The molecule has 0 aliphatic rings. The maximum Gasteiger partial charge on any atom is -0.0228 e. The van der Waals surface area contributed by atoms with Crippen molar-refractivity contribution in [3.8, 4) is 0 Å². The Balaban J connectivity index is 4.39. The fourth-order valence-corrected chi connectivity index (χ4v) is 3.84. The van der Waals surface area contributed by atoms with Gasteiger partial charge in [0, 0.05) is 0 Å². The third-order valence-corrected chi connectivity index (χ3v) is 4.86. The molecule has 0 unspecified atom stereocenters. The van der Waals surface area contributed by atoms with Crippen LogP contribution in [-0.4, -0.2) is 0 Å². The van der Waals surface area contributed by atoms with Crippen molar-refractivity contribution in [2.75, 3.05) is 0 Å². The maximum absolute atomic E-state index is 2.41. The van der Waals surface area contributed by atoms with Crippen LogP contribution < -0.4 is 0 Å². The number of rotatable bonds is 9. The molecule has 0 aliphatic carbocycles. The highest BCUT2D eigenvalue weighted by atomic mass is 14.4. The van der Waals surface area contributed by atoms with Gasteiger partial charge < -0.3 is 0 Å². The Labute approximate surface area is 116 Å². The van der Waals surface area contributed by atoms with E-state index in [-0.39, 0.29) is 0 Å². The molecule has 0 atom stereocenters. The quantitative estimate of drug-likeness (QED) is 0.326. The van der Waals surface area contributed by atoms with E-state index in [2.05, 4.69) is 60.6 Å². The van der Waals surface area contributed by atoms with E-state index >= 15 is 0 Å². The molecule has 108 valence electrons. The lowest BCUT2D eigenvalue weighted by Gasteiger charge is -2.45. The molecule has 0 rings (SSSR count). The van der Waals surface area contributed by atoms with Crippen molar-refractivity contribution < 1.29 is 0 Å². The molecular formula is C18H36. The Bertz CT molecular complexity index is 198. The Hall–Kier alpha value is -0.260. The lowest BCUT2D eigenvalue weighted by Crippen LogP contribution is -2.38. The van der Waals surface area contributed by atoms with E-state index in [9.17, 15) is 0 Å². The smallest absolute Gasteiger partial charge is 0.0228 e. The monoisotopic (exact) mass is 252 g/mol. The zero-order valence-electron chi connectivity index (χ0n) is 13.9. The molecule has 0 radical (unpaired) electrons. The molecule has 0 heterocycles. The average Bonchev–Trinajstić information content (AvgIpc) is 2.26. The SMILES string of the molecule is CCC=CCCCCC(C(C)C)(C(C)C)C(C)C. The van der Waals surface area contributed by atoms with Crippen LogP contribution >= 0.6 is 0 Å². The number of hydrogen-bond donors (Lipinski definition) is 0. The van der Waals surface area contributed by atoms with Gasteiger partial charge >= 0.3 is 0 Å². The molecule has 0 amide bonds. The Morgan fingerprint density at radius 3 is 1.67 bits per heavy atom. The summed E-state index contributed by atoms with van der Waals surface area (Å²) in [4.78, 5) is 0. The molecular weight excluding hydrogens is 216 g/mol. The summed E-state index contributed by atoms with van der Waals surface area (Å²) >= 11 is 0. The number of unbranched alkanes of at least 4 members (excludes halogenated alkanes) is 2. The van der Waals surface area contributed by atoms with Gasteiger partial charge in [-0.3, -0.25) is 0 Å². The fraction of sp³-hybridized carbons (Fsp3) is 0.889. The van der Waals surface area contributed by atoms with E-state index in [1.54, 1.807) is 0 Å². The molecule has 0 aliphatic heterocycles.